The Morgan fingerprint density at radius 3 is 2.50 bits per heavy atom. The minimum Gasteiger partial charge on any atom is -0.360 e. The van der Waals surface area contributed by atoms with Gasteiger partial charge in [0.15, 0.2) is 17.3 Å². The van der Waals surface area contributed by atoms with Gasteiger partial charge in [0.05, 0.1) is 5.56 Å². The fourth-order valence-electron chi connectivity index (χ4n) is 2.04. The zero-order valence-electron chi connectivity index (χ0n) is 13.3. The standard InChI is InChI=1S/C16H12F3N5O2/c1-9-7-14(24-26-9)21-13-6-5-12(22-23-13)15(25)20-11-4-2-3-10(8-11)16(17,18)19/h2-8H,1H3,(H,20,25)(H,21,23,24). The number of benzene rings is 1. The van der Waals surface area contributed by atoms with Crippen LogP contribution in [0.4, 0.5) is 30.5 Å². The van der Waals surface area contributed by atoms with Gasteiger partial charge in [0.2, 0.25) is 0 Å². The second-order valence-electron chi connectivity index (χ2n) is 5.28. The molecule has 3 aromatic rings. The lowest BCUT2D eigenvalue weighted by molar-refractivity contribution is -0.137. The van der Waals surface area contributed by atoms with Crippen molar-refractivity contribution in [3.63, 3.8) is 0 Å². The van der Waals surface area contributed by atoms with Gasteiger partial charge in [-0.05, 0) is 37.3 Å². The van der Waals surface area contributed by atoms with E-state index in [0.717, 1.165) is 12.1 Å². The highest BCUT2D eigenvalue weighted by atomic mass is 19.4. The Bertz CT molecular complexity index is 922. The minimum atomic E-state index is -4.49. The maximum Gasteiger partial charge on any atom is 0.416 e. The third kappa shape index (κ3) is 4.15. The van der Waals surface area contributed by atoms with Gasteiger partial charge in [-0.25, -0.2) is 0 Å². The summed E-state index contributed by atoms with van der Waals surface area (Å²) in [6.07, 6.45) is -4.49. The lowest BCUT2D eigenvalue weighted by atomic mass is 10.2. The molecule has 26 heavy (non-hydrogen) atoms. The third-order valence-corrected chi connectivity index (χ3v) is 3.23. The van der Waals surface area contributed by atoms with Crippen LogP contribution >= 0.6 is 0 Å². The Morgan fingerprint density at radius 1 is 1.08 bits per heavy atom. The van der Waals surface area contributed by atoms with Crippen molar-refractivity contribution in [2.75, 3.05) is 10.6 Å². The average molecular weight is 363 g/mol. The van der Waals surface area contributed by atoms with Gasteiger partial charge < -0.3 is 15.2 Å². The topological polar surface area (TPSA) is 92.9 Å². The Morgan fingerprint density at radius 2 is 1.88 bits per heavy atom. The number of anilines is 3. The molecular weight excluding hydrogens is 351 g/mol. The van der Waals surface area contributed by atoms with E-state index in [9.17, 15) is 18.0 Å². The summed E-state index contributed by atoms with van der Waals surface area (Å²) < 4.78 is 43.0. The molecule has 0 saturated heterocycles. The molecule has 0 aliphatic carbocycles. The number of alkyl halides is 3. The maximum atomic E-state index is 12.7. The van der Waals surface area contributed by atoms with Crippen LogP contribution < -0.4 is 10.6 Å². The fourth-order valence-corrected chi connectivity index (χ4v) is 2.04. The van der Waals surface area contributed by atoms with Gasteiger partial charge in [0.25, 0.3) is 5.91 Å². The van der Waals surface area contributed by atoms with Crippen molar-refractivity contribution in [3.8, 4) is 0 Å². The zero-order chi connectivity index (χ0) is 18.7. The highest BCUT2D eigenvalue weighted by molar-refractivity contribution is 6.02. The van der Waals surface area contributed by atoms with Crippen LogP contribution in [0, 0.1) is 6.92 Å². The molecule has 7 nitrogen and oxygen atoms in total. The first-order chi connectivity index (χ1) is 12.3. The highest BCUT2D eigenvalue weighted by Gasteiger charge is 2.30. The minimum absolute atomic E-state index is 0.00639. The molecule has 1 amide bonds. The van der Waals surface area contributed by atoms with E-state index in [1.54, 1.807) is 13.0 Å². The smallest absolute Gasteiger partial charge is 0.360 e. The van der Waals surface area contributed by atoms with Gasteiger partial charge in [-0.2, -0.15) is 13.2 Å². The van der Waals surface area contributed by atoms with E-state index in [4.69, 9.17) is 4.52 Å². The number of carbonyl (C=O) groups excluding carboxylic acids is 1. The zero-order valence-corrected chi connectivity index (χ0v) is 13.3. The average Bonchev–Trinajstić information content (AvgIpc) is 3.00. The molecular formula is C16H12F3N5O2. The highest BCUT2D eigenvalue weighted by Crippen LogP contribution is 2.30. The van der Waals surface area contributed by atoms with Gasteiger partial charge >= 0.3 is 6.18 Å². The number of rotatable bonds is 4. The van der Waals surface area contributed by atoms with Crippen LogP contribution in [0.2, 0.25) is 0 Å². The summed E-state index contributed by atoms with van der Waals surface area (Å²) in [6.45, 7) is 1.73. The van der Waals surface area contributed by atoms with Gasteiger partial charge in [0, 0.05) is 11.8 Å². The van der Waals surface area contributed by atoms with Crippen LogP contribution in [0.15, 0.2) is 47.0 Å². The van der Waals surface area contributed by atoms with E-state index in [1.807, 2.05) is 0 Å². The number of carbonyl (C=O) groups is 1. The molecule has 0 aliphatic rings. The van der Waals surface area contributed by atoms with Crippen LogP contribution in [0.25, 0.3) is 0 Å². The maximum absolute atomic E-state index is 12.7. The molecule has 0 atom stereocenters. The number of hydrogen-bond acceptors (Lipinski definition) is 6. The first-order valence-corrected chi connectivity index (χ1v) is 7.34. The first-order valence-electron chi connectivity index (χ1n) is 7.34. The Labute approximate surface area is 145 Å². The molecule has 0 bridgehead atoms. The van der Waals surface area contributed by atoms with Crippen molar-refractivity contribution < 1.29 is 22.5 Å². The van der Waals surface area contributed by atoms with Gasteiger partial charge in [-0.15, -0.1) is 10.2 Å². The van der Waals surface area contributed by atoms with Crippen molar-refractivity contribution >= 4 is 23.2 Å². The number of aryl methyl sites for hydroxylation is 1. The molecule has 0 fully saturated rings. The van der Waals surface area contributed by atoms with Gasteiger partial charge in [-0.1, -0.05) is 11.2 Å². The van der Waals surface area contributed by atoms with E-state index in [-0.39, 0.29) is 11.4 Å². The molecule has 2 aromatic heterocycles. The molecule has 134 valence electrons. The Kier molecular flexibility index (Phi) is 4.57. The second-order valence-corrected chi connectivity index (χ2v) is 5.28. The molecule has 0 saturated carbocycles. The van der Waals surface area contributed by atoms with Crippen molar-refractivity contribution in [3.05, 3.63) is 59.5 Å². The number of hydrogen-bond donors (Lipinski definition) is 2. The summed E-state index contributed by atoms with van der Waals surface area (Å²) in [6, 6.07) is 8.83. The number of aromatic nitrogens is 3. The van der Waals surface area contributed by atoms with E-state index < -0.39 is 17.6 Å². The molecule has 0 radical (unpaired) electrons. The fraction of sp³-hybridized carbons (Fsp3) is 0.125. The largest absolute Gasteiger partial charge is 0.416 e. The lowest BCUT2D eigenvalue weighted by Crippen LogP contribution is -2.15. The van der Waals surface area contributed by atoms with E-state index in [2.05, 4.69) is 26.0 Å². The van der Waals surface area contributed by atoms with Crippen molar-refractivity contribution in [1.29, 1.82) is 0 Å². The molecule has 2 heterocycles. The number of amides is 1. The van der Waals surface area contributed by atoms with Crippen molar-refractivity contribution in [2.45, 2.75) is 13.1 Å². The quantitative estimate of drug-likeness (QED) is 0.733. The van der Waals surface area contributed by atoms with Crippen LogP contribution in [0.1, 0.15) is 21.8 Å². The summed E-state index contributed by atoms with van der Waals surface area (Å²) in [7, 11) is 0. The Balaban J connectivity index is 1.68. The molecule has 0 aliphatic heterocycles. The van der Waals surface area contributed by atoms with Gasteiger partial charge in [-0.3, -0.25) is 4.79 Å². The van der Waals surface area contributed by atoms with Crippen LogP contribution in [-0.2, 0) is 6.18 Å². The SMILES string of the molecule is Cc1cc(Nc2ccc(C(=O)Nc3cccc(C(F)(F)F)c3)nn2)no1. The summed E-state index contributed by atoms with van der Waals surface area (Å²) in [5, 5.41) is 16.5. The summed E-state index contributed by atoms with van der Waals surface area (Å²) in [4.78, 5) is 12.1. The van der Waals surface area contributed by atoms with E-state index in [1.165, 1.54) is 24.3 Å². The van der Waals surface area contributed by atoms with Crippen LogP contribution in [0.5, 0.6) is 0 Å². The predicted octanol–water partition coefficient (Wildman–Crippen LogP) is 3.79. The summed E-state index contributed by atoms with van der Waals surface area (Å²) in [5.41, 5.74) is -0.903. The lowest BCUT2D eigenvalue weighted by Gasteiger charge is -2.09. The molecule has 0 spiro atoms. The first kappa shape index (κ1) is 17.4. The monoisotopic (exact) mass is 363 g/mol. The molecule has 3 rings (SSSR count). The Hall–Kier alpha value is -3.43. The predicted molar refractivity (Wildman–Crippen MR) is 86.0 cm³/mol. The second kappa shape index (κ2) is 6.82. The van der Waals surface area contributed by atoms with Gasteiger partial charge in [0.1, 0.15) is 5.76 Å². The third-order valence-electron chi connectivity index (χ3n) is 3.23. The van der Waals surface area contributed by atoms with Crippen molar-refractivity contribution in [2.24, 2.45) is 0 Å². The number of halogens is 3. The molecule has 10 heteroatoms. The van der Waals surface area contributed by atoms with E-state index in [0.29, 0.717) is 17.4 Å². The van der Waals surface area contributed by atoms with Crippen molar-refractivity contribution in [1.82, 2.24) is 15.4 Å². The van der Waals surface area contributed by atoms with Crippen LogP contribution in [-0.4, -0.2) is 21.3 Å². The van der Waals surface area contributed by atoms with Crippen LogP contribution in [0.3, 0.4) is 0 Å². The summed E-state index contributed by atoms with van der Waals surface area (Å²) >= 11 is 0. The number of nitrogens with zero attached hydrogens (tertiary/aromatic N) is 3. The summed E-state index contributed by atoms with van der Waals surface area (Å²) in [5.74, 6) is 0.685. The van der Waals surface area contributed by atoms with E-state index >= 15 is 0 Å². The molecule has 0 unspecified atom stereocenters. The molecule has 1 aromatic carbocycles. The molecule has 2 N–H and O–H groups in total. The number of nitrogens with one attached hydrogen (secondary N) is 2. The normalized spacial score (nSPS) is 11.2.